The number of rotatable bonds is 3. The summed E-state index contributed by atoms with van der Waals surface area (Å²) in [5.74, 6) is -0.720. The third-order valence-corrected chi connectivity index (χ3v) is 4.53. The number of ketones is 1. The molecule has 0 spiro atoms. The minimum atomic E-state index is -4.69. The van der Waals surface area contributed by atoms with E-state index in [-0.39, 0.29) is 17.0 Å². The van der Waals surface area contributed by atoms with E-state index in [4.69, 9.17) is 0 Å². The normalized spacial score (nSPS) is 12.3. The molecule has 4 rings (SSSR count). The van der Waals surface area contributed by atoms with Gasteiger partial charge in [-0.1, -0.05) is 24.3 Å². The van der Waals surface area contributed by atoms with E-state index in [9.17, 15) is 31.1 Å². The summed E-state index contributed by atoms with van der Waals surface area (Å²) < 4.78 is 77.4. The van der Waals surface area contributed by atoms with Crippen molar-refractivity contribution in [2.24, 2.45) is 0 Å². The summed E-state index contributed by atoms with van der Waals surface area (Å²) in [6.45, 7) is 0. The number of H-pyrrole nitrogens is 1. The van der Waals surface area contributed by atoms with E-state index < -0.39 is 29.5 Å². The first kappa shape index (κ1) is 20.6. The Labute approximate surface area is 170 Å². The van der Waals surface area contributed by atoms with Crippen LogP contribution in [0.4, 0.5) is 26.3 Å². The largest absolute Gasteiger partial charge is 0.433 e. The Hall–Kier alpha value is -3.69. The average molecular weight is 435 g/mol. The summed E-state index contributed by atoms with van der Waals surface area (Å²) in [6.07, 6.45) is -7.97. The lowest BCUT2D eigenvalue weighted by molar-refractivity contribution is -0.141. The zero-order valence-corrected chi connectivity index (χ0v) is 15.3. The van der Waals surface area contributed by atoms with Crippen molar-refractivity contribution in [3.05, 3.63) is 83.4 Å². The number of carbonyl (C=O) groups is 1. The first-order valence-corrected chi connectivity index (χ1v) is 8.79. The zero-order chi connectivity index (χ0) is 22.4. The van der Waals surface area contributed by atoms with Crippen molar-refractivity contribution in [2.45, 2.75) is 12.4 Å². The van der Waals surface area contributed by atoms with Gasteiger partial charge in [-0.15, -0.1) is 0 Å². The second-order valence-electron chi connectivity index (χ2n) is 6.60. The van der Waals surface area contributed by atoms with Gasteiger partial charge in [0.1, 0.15) is 17.1 Å². The predicted octanol–water partition coefficient (Wildman–Crippen LogP) is 5.89. The molecule has 3 heterocycles. The summed E-state index contributed by atoms with van der Waals surface area (Å²) in [7, 11) is 0. The molecule has 0 radical (unpaired) electrons. The monoisotopic (exact) mass is 435 g/mol. The maximum atomic E-state index is 12.9. The number of nitrogens with one attached hydrogen (secondary N) is 1. The summed E-state index contributed by atoms with van der Waals surface area (Å²) in [5, 5.41) is 0.389. The standard InChI is InChI=1S/C21H11F6N3O/c22-20(23,24)17-5-1-3-14(29-17)11-7-8-12-13(10-28-16(12)9-11)19(31)15-4-2-6-18(30-15)21(25,26)27/h1-10,28H. The Kier molecular flexibility index (Phi) is 4.79. The number of pyridine rings is 2. The number of fused-ring (bicyclic) bond motifs is 1. The molecule has 31 heavy (non-hydrogen) atoms. The van der Waals surface area contributed by atoms with Crippen molar-refractivity contribution < 1.29 is 31.1 Å². The lowest BCUT2D eigenvalue weighted by Gasteiger charge is -2.08. The van der Waals surface area contributed by atoms with Crippen molar-refractivity contribution in [3.63, 3.8) is 0 Å². The van der Waals surface area contributed by atoms with E-state index in [1.807, 2.05) is 0 Å². The highest BCUT2D eigenvalue weighted by Gasteiger charge is 2.33. The molecule has 0 aliphatic carbocycles. The van der Waals surface area contributed by atoms with E-state index >= 15 is 0 Å². The maximum Gasteiger partial charge on any atom is 0.433 e. The number of hydrogen-bond acceptors (Lipinski definition) is 3. The van der Waals surface area contributed by atoms with Crippen LogP contribution in [-0.2, 0) is 12.4 Å². The van der Waals surface area contributed by atoms with E-state index in [0.29, 0.717) is 16.5 Å². The molecule has 0 aliphatic rings. The molecule has 0 fully saturated rings. The molecule has 1 aromatic carbocycles. The van der Waals surface area contributed by atoms with E-state index in [1.165, 1.54) is 42.6 Å². The van der Waals surface area contributed by atoms with Crippen molar-refractivity contribution in [1.29, 1.82) is 0 Å². The topological polar surface area (TPSA) is 58.6 Å². The molecule has 0 aliphatic heterocycles. The van der Waals surface area contributed by atoms with Gasteiger partial charge in [-0.3, -0.25) is 4.79 Å². The van der Waals surface area contributed by atoms with Crippen LogP contribution in [0.1, 0.15) is 27.4 Å². The fraction of sp³-hybridized carbons (Fsp3) is 0.0952. The predicted molar refractivity (Wildman–Crippen MR) is 99.2 cm³/mol. The summed E-state index contributed by atoms with van der Waals surface area (Å²) in [4.78, 5) is 22.6. The fourth-order valence-electron chi connectivity index (χ4n) is 3.08. The average Bonchev–Trinajstić information content (AvgIpc) is 3.15. The van der Waals surface area contributed by atoms with Crippen LogP contribution in [0.5, 0.6) is 0 Å². The number of aromatic amines is 1. The van der Waals surface area contributed by atoms with Crippen molar-refractivity contribution in [2.75, 3.05) is 0 Å². The van der Waals surface area contributed by atoms with Gasteiger partial charge in [0.2, 0.25) is 5.78 Å². The molecule has 0 saturated heterocycles. The number of aromatic nitrogens is 3. The number of halogens is 6. The van der Waals surface area contributed by atoms with Gasteiger partial charge in [-0.05, 0) is 30.3 Å². The van der Waals surface area contributed by atoms with Crippen LogP contribution >= 0.6 is 0 Å². The smallest absolute Gasteiger partial charge is 0.360 e. The number of carbonyl (C=O) groups excluding carboxylic acids is 1. The van der Waals surface area contributed by atoms with E-state index in [2.05, 4.69) is 15.0 Å². The van der Waals surface area contributed by atoms with Gasteiger partial charge in [0.05, 0.1) is 5.69 Å². The SMILES string of the molecule is O=C(c1cccc(C(F)(F)F)n1)c1c[nH]c2cc(-c3cccc(C(F)(F)F)n3)ccc12. The minimum absolute atomic E-state index is 0.0822. The first-order chi connectivity index (χ1) is 14.5. The van der Waals surface area contributed by atoms with Crippen LogP contribution in [0.2, 0.25) is 0 Å². The summed E-state index contributed by atoms with van der Waals surface area (Å²) in [6, 6.07) is 11.0. The molecule has 1 N–H and O–H groups in total. The summed E-state index contributed by atoms with van der Waals surface area (Å²) >= 11 is 0. The van der Waals surface area contributed by atoms with Crippen molar-refractivity contribution in [3.8, 4) is 11.3 Å². The van der Waals surface area contributed by atoms with Crippen LogP contribution in [0.15, 0.2) is 60.8 Å². The Morgan fingerprint density at radius 3 is 2.13 bits per heavy atom. The van der Waals surface area contributed by atoms with Crippen molar-refractivity contribution >= 4 is 16.7 Å². The molecule has 10 heteroatoms. The van der Waals surface area contributed by atoms with Gasteiger partial charge in [0, 0.05) is 28.2 Å². The molecule has 4 nitrogen and oxygen atoms in total. The molecule has 4 aromatic rings. The van der Waals surface area contributed by atoms with Gasteiger partial charge in [0.25, 0.3) is 0 Å². The fourth-order valence-corrected chi connectivity index (χ4v) is 3.08. The zero-order valence-electron chi connectivity index (χ0n) is 15.3. The van der Waals surface area contributed by atoms with Crippen molar-refractivity contribution in [1.82, 2.24) is 15.0 Å². The Balaban J connectivity index is 1.71. The minimum Gasteiger partial charge on any atom is -0.360 e. The van der Waals surface area contributed by atoms with Crippen LogP contribution in [0.25, 0.3) is 22.2 Å². The highest BCUT2D eigenvalue weighted by Crippen LogP contribution is 2.31. The molecule has 158 valence electrons. The molecule has 0 saturated carbocycles. The number of hydrogen-bond donors (Lipinski definition) is 1. The first-order valence-electron chi connectivity index (χ1n) is 8.79. The second kappa shape index (κ2) is 7.22. The third kappa shape index (κ3) is 4.00. The lowest BCUT2D eigenvalue weighted by atomic mass is 10.0. The van der Waals surface area contributed by atoms with Gasteiger partial charge >= 0.3 is 12.4 Å². The lowest BCUT2D eigenvalue weighted by Crippen LogP contribution is -2.12. The molecular formula is C21H11F6N3O. The third-order valence-electron chi connectivity index (χ3n) is 4.53. The van der Waals surface area contributed by atoms with Gasteiger partial charge in [-0.2, -0.15) is 26.3 Å². The Bertz CT molecular complexity index is 1290. The van der Waals surface area contributed by atoms with Crippen LogP contribution in [0.3, 0.4) is 0 Å². The van der Waals surface area contributed by atoms with Gasteiger partial charge in [0.15, 0.2) is 0 Å². The molecule has 0 unspecified atom stereocenters. The molecule has 0 atom stereocenters. The highest BCUT2D eigenvalue weighted by molar-refractivity contribution is 6.15. The number of nitrogens with zero attached hydrogens (tertiary/aromatic N) is 2. The number of benzene rings is 1. The quantitative estimate of drug-likeness (QED) is 0.322. The van der Waals surface area contributed by atoms with E-state index in [0.717, 1.165) is 18.2 Å². The summed E-state index contributed by atoms with van der Waals surface area (Å²) in [5.41, 5.74) is -1.65. The van der Waals surface area contributed by atoms with Crippen LogP contribution in [0, 0.1) is 0 Å². The molecule has 0 bridgehead atoms. The molecular weight excluding hydrogens is 424 g/mol. The Morgan fingerprint density at radius 1 is 0.806 bits per heavy atom. The van der Waals surface area contributed by atoms with Crippen LogP contribution in [-0.4, -0.2) is 20.7 Å². The van der Waals surface area contributed by atoms with E-state index in [1.54, 1.807) is 0 Å². The maximum absolute atomic E-state index is 12.9. The van der Waals surface area contributed by atoms with Gasteiger partial charge < -0.3 is 4.98 Å². The molecule has 3 aromatic heterocycles. The number of alkyl halides is 6. The van der Waals surface area contributed by atoms with Gasteiger partial charge in [-0.25, -0.2) is 9.97 Å². The highest BCUT2D eigenvalue weighted by atomic mass is 19.4. The second-order valence-corrected chi connectivity index (χ2v) is 6.60. The van der Waals surface area contributed by atoms with Crippen LogP contribution < -0.4 is 0 Å². The Morgan fingerprint density at radius 2 is 1.45 bits per heavy atom. The molecule has 0 amide bonds.